The Bertz CT molecular complexity index is 540. The average molecular weight is 227 g/mol. The number of carbonyl (C=O) groups is 1. The van der Waals surface area contributed by atoms with Gasteiger partial charge in [-0.2, -0.15) is 0 Å². The molecule has 1 atom stereocenters. The number of aromatic nitrogens is 1. The van der Waals surface area contributed by atoms with Crippen LogP contribution < -0.4 is 0 Å². The van der Waals surface area contributed by atoms with Gasteiger partial charge in [0.2, 0.25) is 0 Å². The minimum atomic E-state index is 0.0498. The highest BCUT2D eigenvalue weighted by molar-refractivity contribution is 6.08. The predicted octanol–water partition coefficient (Wildman–Crippen LogP) is 3.71. The molecule has 0 aliphatic rings. The van der Waals surface area contributed by atoms with Crippen molar-refractivity contribution < 1.29 is 4.79 Å². The van der Waals surface area contributed by atoms with Gasteiger partial charge in [-0.05, 0) is 17.4 Å². The first-order valence-electron chi connectivity index (χ1n) is 5.98. The maximum atomic E-state index is 12.4. The quantitative estimate of drug-likeness (QED) is 0.748. The van der Waals surface area contributed by atoms with Gasteiger partial charge < -0.3 is 0 Å². The lowest BCUT2D eigenvalue weighted by Crippen LogP contribution is -2.17. The highest BCUT2D eigenvalue weighted by atomic mass is 16.1. The zero-order valence-corrected chi connectivity index (χ0v) is 10.5. The molecule has 88 valence electrons. The number of rotatable bonds is 3. The van der Waals surface area contributed by atoms with Crippen molar-refractivity contribution in [3.05, 3.63) is 42.2 Å². The summed E-state index contributed by atoms with van der Waals surface area (Å²) in [6.07, 6.45) is 3.53. The summed E-state index contributed by atoms with van der Waals surface area (Å²) in [4.78, 5) is 16.5. The molecule has 2 nitrogen and oxygen atoms in total. The van der Waals surface area contributed by atoms with Crippen LogP contribution in [0.25, 0.3) is 10.8 Å². The number of Topliss-reactive ketones (excluding diaryl/α,β-unsaturated/α-hetero) is 1. The Labute approximate surface area is 102 Å². The molecule has 0 bridgehead atoms. The molecule has 0 amide bonds. The fourth-order valence-electron chi connectivity index (χ4n) is 1.89. The molecule has 1 heterocycles. The Morgan fingerprint density at radius 2 is 1.94 bits per heavy atom. The number of hydrogen-bond acceptors (Lipinski definition) is 2. The van der Waals surface area contributed by atoms with Crippen molar-refractivity contribution in [2.45, 2.75) is 20.8 Å². The van der Waals surface area contributed by atoms with Gasteiger partial charge in [-0.25, -0.2) is 0 Å². The van der Waals surface area contributed by atoms with E-state index in [1.807, 2.05) is 31.2 Å². The fourth-order valence-corrected chi connectivity index (χ4v) is 1.89. The molecule has 1 aromatic heterocycles. The molecule has 0 saturated heterocycles. The Morgan fingerprint density at radius 1 is 1.18 bits per heavy atom. The summed E-state index contributed by atoms with van der Waals surface area (Å²) in [7, 11) is 0. The molecule has 0 spiro atoms. The first-order valence-corrected chi connectivity index (χ1v) is 5.98. The fraction of sp³-hybridized carbons (Fsp3) is 0.333. The van der Waals surface area contributed by atoms with Crippen LogP contribution in [-0.4, -0.2) is 10.8 Å². The van der Waals surface area contributed by atoms with Crippen LogP contribution in [0.5, 0.6) is 0 Å². The molecular weight excluding hydrogens is 210 g/mol. The third-order valence-corrected chi connectivity index (χ3v) is 3.36. The van der Waals surface area contributed by atoms with Crippen molar-refractivity contribution in [1.82, 2.24) is 4.98 Å². The highest BCUT2D eigenvalue weighted by Gasteiger charge is 2.19. The second-order valence-corrected chi connectivity index (χ2v) is 4.80. The van der Waals surface area contributed by atoms with Gasteiger partial charge in [0.25, 0.3) is 0 Å². The Balaban J connectivity index is 2.52. The van der Waals surface area contributed by atoms with Crippen molar-refractivity contribution in [2.24, 2.45) is 11.8 Å². The third kappa shape index (κ3) is 2.21. The van der Waals surface area contributed by atoms with E-state index in [-0.39, 0.29) is 11.7 Å². The monoisotopic (exact) mass is 227 g/mol. The molecule has 0 N–H and O–H groups in total. The molecule has 0 saturated carbocycles. The highest BCUT2D eigenvalue weighted by Crippen LogP contribution is 2.23. The summed E-state index contributed by atoms with van der Waals surface area (Å²) in [5.41, 5.74) is 0.811. The Hall–Kier alpha value is -1.70. The van der Waals surface area contributed by atoms with Crippen LogP contribution >= 0.6 is 0 Å². The van der Waals surface area contributed by atoms with Gasteiger partial charge in [0.05, 0.1) is 0 Å². The Kier molecular flexibility index (Phi) is 3.23. The van der Waals surface area contributed by atoms with Crippen LogP contribution in [0, 0.1) is 11.8 Å². The smallest absolute Gasteiger partial charge is 0.166 e. The number of pyridine rings is 1. The van der Waals surface area contributed by atoms with Crippen molar-refractivity contribution >= 4 is 16.6 Å². The number of carbonyl (C=O) groups excluding carboxylic acids is 1. The third-order valence-electron chi connectivity index (χ3n) is 3.36. The largest absolute Gasteiger partial charge is 0.294 e. The maximum absolute atomic E-state index is 12.4. The van der Waals surface area contributed by atoms with Crippen molar-refractivity contribution in [1.29, 1.82) is 0 Å². The van der Waals surface area contributed by atoms with E-state index in [0.29, 0.717) is 5.92 Å². The van der Waals surface area contributed by atoms with E-state index in [2.05, 4.69) is 18.8 Å². The standard InChI is InChI=1S/C15H17NO/c1-10(2)11(3)15(17)14-6-4-5-12-9-16-8-7-13(12)14/h4-11H,1-3H3. The van der Waals surface area contributed by atoms with Crippen molar-refractivity contribution in [3.63, 3.8) is 0 Å². The zero-order valence-electron chi connectivity index (χ0n) is 10.5. The van der Waals surface area contributed by atoms with E-state index in [1.54, 1.807) is 12.4 Å². The van der Waals surface area contributed by atoms with Crippen LogP contribution in [0.15, 0.2) is 36.7 Å². The van der Waals surface area contributed by atoms with Crippen LogP contribution in [0.1, 0.15) is 31.1 Å². The van der Waals surface area contributed by atoms with E-state index in [1.165, 1.54) is 0 Å². The second kappa shape index (κ2) is 4.66. The summed E-state index contributed by atoms with van der Waals surface area (Å²) < 4.78 is 0. The maximum Gasteiger partial charge on any atom is 0.166 e. The number of ketones is 1. The van der Waals surface area contributed by atoms with E-state index in [0.717, 1.165) is 16.3 Å². The van der Waals surface area contributed by atoms with E-state index >= 15 is 0 Å². The number of hydrogen-bond donors (Lipinski definition) is 0. The molecule has 2 rings (SSSR count). The molecule has 0 aliphatic heterocycles. The zero-order chi connectivity index (χ0) is 12.4. The Morgan fingerprint density at radius 3 is 2.65 bits per heavy atom. The van der Waals surface area contributed by atoms with E-state index in [9.17, 15) is 4.79 Å². The van der Waals surface area contributed by atoms with Gasteiger partial charge in [-0.15, -0.1) is 0 Å². The van der Waals surface area contributed by atoms with Crippen LogP contribution in [-0.2, 0) is 0 Å². The lowest BCUT2D eigenvalue weighted by molar-refractivity contribution is 0.0901. The molecule has 1 unspecified atom stereocenters. The van der Waals surface area contributed by atoms with Gasteiger partial charge in [0.15, 0.2) is 5.78 Å². The summed E-state index contributed by atoms with van der Waals surface area (Å²) in [6.45, 7) is 6.15. The minimum absolute atomic E-state index is 0.0498. The lowest BCUT2D eigenvalue weighted by atomic mass is 9.88. The minimum Gasteiger partial charge on any atom is -0.294 e. The molecule has 17 heavy (non-hydrogen) atoms. The van der Waals surface area contributed by atoms with Gasteiger partial charge in [0, 0.05) is 29.3 Å². The van der Waals surface area contributed by atoms with Crippen LogP contribution in [0.2, 0.25) is 0 Å². The first-order chi connectivity index (χ1) is 8.11. The first kappa shape index (κ1) is 11.8. The van der Waals surface area contributed by atoms with Gasteiger partial charge in [0.1, 0.15) is 0 Å². The number of nitrogens with zero attached hydrogens (tertiary/aromatic N) is 1. The van der Waals surface area contributed by atoms with Crippen molar-refractivity contribution in [2.75, 3.05) is 0 Å². The van der Waals surface area contributed by atoms with E-state index in [4.69, 9.17) is 0 Å². The molecule has 0 aliphatic carbocycles. The topological polar surface area (TPSA) is 30.0 Å². The average Bonchev–Trinajstić information content (AvgIpc) is 2.36. The summed E-state index contributed by atoms with van der Waals surface area (Å²) in [5.74, 6) is 0.630. The normalized spacial score (nSPS) is 12.9. The molecule has 2 aromatic rings. The van der Waals surface area contributed by atoms with Gasteiger partial charge in [-0.3, -0.25) is 9.78 Å². The van der Waals surface area contributed by atoms with Crippen molar-refractivity contribution in [3.8, 4) is 0 Å². The predicted molar refractivity (Wildman–Crippen MR) is 70.1 cm³/mol. The molecular formula is C15H17NO. The second-order valence-electron chi connectivity index (χ2n) is 4.80. The molecule has 2 heteroatoms. The van der Waals surface area contributed by atoms with Crippen LogP contribution in [0.3, 0.4) is 0 Å². The van der Waals surface area contributed by atoms with Crippen LogP contribution in [0.4, 0.5) is 0 Å². The summed E-state index contributed by atoms with van der Waals surface area (Å²) >= 11 is 0. The summed E-state index contributed by atoms with van der Waals surface area (Å²) in [5, 5.41) is 2.02. The van der Waals surface area contributed by atoms with E-state index < -0.39 is 0 Å². The SMILES string of the molecule is CC(C)C(C)C(=O)c1cccc2cnccc12. The molecule has 0 radical (unpaired) electrons. The summed E-state index contributed by atoms with van der Waals surface area (Å²) in [6, 6.07) is 7.72. The lowest BCUT2D eigenvalue weighted by Gasteiger charge is -2.15. The molecule has 0 fully saturated rings. The van der Waals surface area contributed by atoms with Gasteiger partial charge >= 0.3 is 0 Å². The number of fused-ring (bicyclic) bond motifs is 1. The number of benzene rings is 1. The molecule has 1 aromatic carbocycles. The van der Waals surface area contributed by atoms with Gasteiger partial charge in [-0.1, -0.05) is 39.0 Å².